The van der Waals surface area contributed by atoms with E-state index in [2.05, 4.69) is 0 Å². The Morgan fingerprint density at radius 2 is 2.17 bits per heavy atom. The Bertz CT molecular complexity index is 294. The molecule has 0 N–H and O–H groups in total. The molecule has 0 spiro atoms. The molecule has 0 saturated heterocycles. The molecule has 0 aromatic heterocycles. The first-order valence-electron chi connectivity index (χ1n) is 3.82. The number of aryl methyl sites for hydroxylation is 1. The van der Waals surface area contributed by atoms with Crippen molar-refractivity contribution in [1.29, 1.82) is 0 Å². The minimum absolute atomic E-state index is 0.444. The standard InChI is InChI=1S/C10H11FO/c1-7-4-3-5-9(6-7)10(11)8(2)12/h3-6,10H,1-2H3. The second-order valence-corrected chi connectivity index (χ2v) is 2.89. The molecule has 64 valence electrons. The zero-order valence-electron chi connectivity index (χ0n) is 7.17. The highest BCUT2D eigenvalue weighted by molar-refractivity contribution is 5.81. The maximum absolute atomic E-state index is 13.1. The van der Waals surface area contributed by atoms with Crippen LogP contribution in [0.5, 0.6) is 0 Å². The molecule has 0 fully saturated rings. The van der Waals surface area contributed by atoms with Crippen LogP contribution >= 0.6 is 0 Å². The summed E-state index contributed by atoms with van der Waals surface area (Å²) >= 11 is 0. The van der Waals surface area contributed by atoms with Crippen molar-refractivity contribution in [3.05, 3.63) is 35.4 Å². The fourth-order valence-corrected chi connectivity index (χ4v) is 1.06. The lowest BCUT2D eigenvalue weighted by molar-refractivity contribution is -0.121. The van der Waals surface area contributed by atoms with Gasteiger partial charge in [0.15, 0.2) is 12.0 Å². The molecular weight excluding hydrogens is 155 g/mol. The Hall–Kier alpha value is -1.18. The summed E-state index contributed by atoms with van der Waals surface area (Å²) in [4.78, 5) is 10.7. The number of ketones is 1. The summed E-state index contributed by atoms with van der Waals surface area (Å²) in [6.45, 7) is 3.13. The predicted octanol–water partition coefficient (Wildman–Crippen LogP) is 2.59. The number of Topliss-reactive ketones (excluding diaryl/α,β-unsaturated/α-hetero) is 1. The summed E-state index contributed by atoms with van der Waals surface area (Å²) < 4.78 is 13.1. The van der Waals surface area contributed by atoms with Crippen LogP contribution in [-0.2, 0) is 4.79 Å². The second kappa shape index (κ2) is 3.48. The van der Waals surface area contributed by atoms with Crippen LogP contribution in [-0.4, -0.2) is 5.78 Å². The first kappa shape index (κ1) is 8.91. The van der Waals surface area contributed by atoms with Gasteiger partial charge in [0, 0.05) is 0 Å². The van der Waals surface area contributed by atoms with E-state index in [9.17, 15) is 9.18 Å². The lowest BCUT2D eigenvalue weighted by Crippen LogP contribution is -2.02. The Balaban J connectivity index is 2.95. The Morgan fingerprint density at radius 3 is 2.67 bits per heavy atom. The number of hydrogen-bond acceptors (Lipinski definition) is 1. The van der Waals surface area contributed by atoms with Crippen molar-refractivity contribution in [1.82, 2.24) is 0 Å². The van der Waals surface area contributed by atoms with Crippen molar-refractivity contribution >= 4 is 5.78 Å². The second-order valence-electron chi connectivity index (χ2n) is 2.89. The van der Waals surface area contributed by atoms with E-state index < -0.39 is 12.0 Å². The topological polar surface area (TPSA) is 17.1 Å². The lowest BCUT2D eigenvalue weighted by atomic mass is 10.1. The molecule has 1 aromatic rings. The molecule has 0 aliphatic carbocycles. The molecular formula is C10H11FO. The monoisotopic (exact) mass is 166 g/mol. The zero-order valence-corrected chi connectivity index (χ0v) is 7.17. The molecule has 0 aliphatic heterocycles. The molecule has 0 aliphatic rings. The van der Waals surface area contributed by atoms with Crippen LogP contribution in [0.2, 0.25) is 0 Å². The maximum atomic E-state index is 13.1. The van der Waals surface area contributed by atoms with Crippen molar-refractivity contribution < 1.29 is 9.18 Å². The molecule has 1 atom stereocenters. The third-order valence-corrected chi connectivity index (χ3v) is 1.69. The third kappa shape index (κ3) is 1.91. The molecule has 0 saturated carbocycles. The van der Waals surface area contributed by atoms with Gasteiger partial charge in [-0.3, -0.25) is 4.79 Å². The number of alkyl halides is 1. The SMILES string of the molecule is CC(=O)C(F)c1cccc(C)c1. The average Bonchev–Trinajstić information content (AvgIpc) is 2.03. The molecule has 0 radical (unpaired) electrons. The number of rotatable bonds is 2. The van der Waals surface area contributed by atoms with E-state index in [1.807, 2.05) is 13.0 Å². The summed E-state index contributed by atoms with van der Waals surface area (Å²) in [5, 5.41) is 0. The van der Waals surface area contributed by atoms with Gasteiger partial charge in [0.1, 0.15) is 0 Å². The third-order valence-electron chi connectivity index (χ3n) is 1.69. The van der Waals surface area contributed by atoms with Crippen LogP contribution in [0, 0.1) is 6.92 Å². The number of carbonyl (C=O) groups is 1. The van der Waals surface area contributed by atoms with E-state index >= 15 is 0 Å². The van der Waals surface area contributed by atoms with E-state index in [0.717, 1.165) is 5.56 Å². The molecule has 2 heteroatoms. The van der Waals surface area contributed by atoms with E-state index in [0.29, 0.717) is 5.56 Å². The summed E-state index contributed by atoms with van der Waals surface area (Å²) in [5.74, 6) is -0.444. The van der Waals surface area contributed by atoms with Crippen LogP contribution in [0.1, 0.15) is 24.2 Å². The van der Waals surface area contributed by atoms with Crippen LogP contribution in [0.4, 0.5) is 4.39 Å². The Labute approximate surface area is 71.2 Å². The normalized spacial score (nSPS) is 12.6. The molecule has 1 unspecified atom stereocenters. The molecule has 0 bridgehead atoms. The Morgan fingerprint density at radius 1 is 1.50 bits per heavy atom. The molecule has 0 heterocycles. The van der Waals surface area contributed by atoms with Gasteiger partial charge in [-0.2, -0.15) is 0 Å². The fourth-order valence-electron chi connectivity index (χ4n) is 1.06. The molecule has 12 heavy (non-hydrogen) atoms. The number of benzene rings is 1. The van der Waals surface area contributed by atoms with Gasteiger partial charge in [-0.05, 0) is 19.4 Å². The first-order chi connectivity index (χ1) is 5.61. The van der Waals surface area contributed by atoms with Crippen LogP contribution in [0.15, 0.2) is 24.3 Å². The van der Waals surface area contributed by atoms with Gasteiger partial charge in [0.2, 0.25) is 0 Å². The van der Waals surface area contributed by atoms with Gasteiger partial charge in [-0.15, -0.1) is 0 Å². The van der Waals surface area contributed by atoms with Crippen molar-refractivity contribution in [3.63, 3.8) is 0 Å². The van der Waals surface area contributed by atoms with E-state index in [1.165, 1.54) is 6.92 Å². The average molecular weight is 166 g/mol. The minimum Gasteiger partial charge on any atom is -0.296 e. The first-order valence-corrected chi connectivity index (χ1v) is 3.82. The van der Waals surface area contributed by atoms with Gasteiger partial charge in [0.05, 0.1) is 0 Å². The summed E-state index contributed by atoms with van der Waals surface area (Å²) in [5.41, 5.74) is 1.42. The smallest absolute Gasteiger partial charge is 0.183 e. The quantitative estimate of drug-likeness (QED) is 0.660. The van der Waals surface area contributed by atoms with Crippen molar-refractivity contribution in [2.24, 2.45) is 0 Å². The number of halogens is 1. The van der Waals surface area contributed by atoms with Crippen molar-refractivity contribution in [2.75, 3.05) is 0 Å². The summed E-state index contributed by atoms with van der Waals surface area (Å²) in [7, 11) is 0. The van der Waals surface area contributed by atoms with E-state index in [-0.39, 0.29) is 0 Å². The molecule has 1 rings (SSSR count). The maximum Gasteiger partial charge on any atom is 0.183 e. The summed E-state index contributed by atoms with van der Waals surface area (Å²) in [6, 6.07) is 6.93. The van der Waals surface area contributed by atoms with Gasteiger partial charge in [-0.25, -0.2) is 4.39 Å². The molecule has 1 aromatic carbocycles. The predicted molar refractivity (Wildman–Crippen MR) is 45.7 cm³/mol. The fraction of sp³-hybridized carbons (Fsp3) is 0.300. The molecule has 1 nitrogen and oxygen atoms in total. The largest absolute Gasteiger partial charge is 0.296 e. The van der Waals surface area contributed by atoms with E-state index in [4.69, 9.17) is 0 Å². The minimum atomic E-state index is -1.47. The highest BCUT2D eigenvalue weighted by Gasteiger charge is 2.13. The summed E-state index contributed by atoms with van der Waals surface area (Å²) in [6.07, 6.45) is -1.47. The highest BCUT2D eigenvalue weighted by Crippen LogP contribution is 2.18. The number of hydrogen-bond donors (Lipinski definition) is 0. The van der Waals surface area contributed by atoms with Crippen molar-refractivity contribution in [2.45, 2.75) is 20.0 Å². The van der Waals surface area contributed by atoms with Crippen molar-refractivity contribution in [3.8, 4) is 0 Å². The van der Waals surface area contributed by atoms with Gasteiger partial charge >= 0.3 is 0 Å². The van der Waals surface area contributed by atoms with E-state index in [1.54, 1.807) is 18.2 Å². The van der Waals surface area contributed by atoms with Crippen LogP contribution in [0.25, 0.3) is 0 Å². The van der Waals surface area contributed by atoms with Gasteiger partial charge in [-0.1, -0.05) is 29.8 Å². The lowest BCUT2D eigenvalue weighted by Gasteiger charge is -2.04. The van der Waals surface area contributed by atoms with Crippen LogP contribution < -0.4 is 0 Å². The zero-order chi connectivity index (χ0) is 9.14. The highest BCUT2D eigenvalue weighted by atomic mass is 19.1. The molecule has 0 amide bonds. The van der Waals surface area contributed by atoms with Gasteiger partial charge in [0.25, 0.3) is 0 Å². The van der Waals surface area contributed by atoms with Gasteiger partial charge < -0.3 is 0 Å². The Kier molecular flexibility index (Phi) is 2.58. The van der Waals surface area contributed by atoms with Crippen LogP contribution in [0.3, 0.4) is 0 Å². The number of carbonyl (C=O) groups excluding carboxylic acids is 1.